The Hall–Kier alpha value is -0.260. The van der Waals surface area contributed by atoms with Gasteiger partial charge in [0.25, 0.3) is 0 Å². The van der Waals surface area contributed by atoms with Gasteiger partial charge in [-0.15, -0.1) is 0 Å². The Morgan fingerprint density at radius 3 is 2.31 bits per heavy atom. The normalized spacial score (nSPS) is 16.3. The van der Waals surface area contributed by atoms with E-state index in [2.05, 4.69) is 39.8 Å². The fraction of sp³-hybridized carbons (Fsp3) is 0.846. The van der Waals surface area contributed by atoms with Gasteiger partial charge in [-0.05, 0) is 18.8 Å². The largest absolute Gasteiger partial charge is 0.0914 e. The zero-order valence-corrected chi connectivity index (χ0v) is 9.84. The SMILES string of the molecule is CC=CC(C)C(C)CCCCCC. The van der Waals surface area contributed by atoms with Crippen molar-refractivity contribution in [2.24, 2.45) is 11.8 Å². The second kappa shape index (κ2) is 8.34. The second-order valence-electron chi connectivity index (χ2n) is 4.21. The van der Waals surface area contributed by atoms with Crippen molar-refractivity contribution in [3.05, 3.63) is 12.2 Å². The molecule has 0 bridgehead atoms. The molecule has 78 valence electrons. The minimum Gasteiger partial charge on any atom is -0.0914 e. The van der Waals surface area contributed by atoms with Gasteiger partial charge in [-0.2, -0.15) is 0 Å². The molecule has 2 atom stereocenters. The summed E-state index contributed by atoms with van der Waals surface area (Å²) in [5.74, 6) is 1.61. The van der Waals surface area contributed by atoms with Crippen LogP contribution in [-0.2, 0) is 0 Å². The van der Waals surface area contributed by atoms with Crippen LogP contribution in [0.5, 0.6) is 0 Å². The summed E-state index contributed by atoms with van der Waals surface area (Å²) >= 11 is 0. The molecule has 0 aliphatic rings. The number of rotatable bonds is 7. The second-order valence-corrected chi connectivity index (χ2v) is 4.21. The summed E-state index contributed by atoms with van der Waals surface area (Å²) < 4.78 is 0. The van der Waals surface area contributed by atoms with Crippen molar-refractivity contribution in [1.82, 2.24) is 0 Å². The first-order chi connectivity index (χ1) is 6.22. The first-order valence-corrected chi connectivity index (χ1v) is 5.85. The van der Waals surface area contributed by atoms with E-state index in [0.717, 1.165) is 11.8 Å². The van der Waals surface area contributed by atoms with E-state index in [1.165, 1.54) is 32.1 Å². The molecule has 2 unspecified atom stereocenters. The third-order valence-electron chi connectivity index (χ3n) is 2.91. The van der Waals surface area contributed by atoms with Crippen molar-refractivity contribution in [3.63, 3.8) is 0 Å². The summed E-state index contributed by atoms with van der Waals surface area (Å²) in [4.78, 5) is 0. The van der Waals surface area contributed by atoms with Crippen LogP contribution in [-0.4, -0.2) is 0 Å². The van der Waals surface area contributed by atoms with E-state index in [1.807, 2.05) is 0 Å². The molecule has 0 heteroatoms. The Morgan fingerprint density at radius 1 is 1.08 bits per heavy atom. The number of allylic oxidation sites excluding steroid dienone is 2. The van der Waals surface area contributed by atoms with Crippen molar-refractivity contribution in [2.75, 3.05) is 0 Å². The summed E-state index contributed by atoms with van der Waals surface area (Å²) in [6.07, 6.45) is 11.5. The molecular weight excluding hydrogens is 156 g/mol. The Bertz CT molecular complexity index is 124. The van der Waals surface area contributed by atoms with Crippen LogP contribution in [0.4, 0.5) is 0 Å². The zero-order valence-electron chi connectivity index (χ0n) is 9.84. The molecule has 13 heavy (non-hydrogen) atoms. The number of hydrogen-bond acceptors (Lipinski definition) is 0. The highest BCUT2D eigenvalue weighted by molar-refractivity contribution is 4.85. The van der Waals surface area contributed by atoms with Crippen LogP contribution in [0.25, 0.3) is 0 Å². The Morgan fingerprint density at radius 2 is 1.77 bits per heavy atom. The summed E-state index contributed by atoms with van der Waals surface area (Å²) in [6.45, 7) is 9.08. The van der Waals surface area contributed by atoms with E-state index in [-0.39, 0.29) is 0 Å². The molecule has 0 saturated heterocycles. The first kappa shape index (κ1) is 12.7. The van der Waals surface area contributed by atoms with Gasteiger partial charge in [0.1, 0.15) is 0 Å². The van der Waals surface area contributed by atoms with Crippen LogP contribution in [0, 0.1) is 11.8 Å². The summed E-state index contributed by atoms with van der Waals surface area (Å²) in [7, 11) is 0. The predicted octanol–water partition coefficient (Wildman–Crippen LogP) is 4.81. The molecule has 0 amide bonds. The van der Waals surface area contributed by atoms with Crippen LogP contribution in [0.2, 0.25) is 0 Å². The molecule has 0 aromatic heterocycles. The van der Waals surface area contributed by atoms with Crippen molar-refractivity contribution < 1.29 is 0 Å². The highest BCUT2D eigenvalue weighted by Crippen LogP contribution is 2.19. The molecular formula is C13H26. The highest BCUT2D eigenvalue weighted by atomic mass is 14.1. The van der Waals surface area contributed by atoms with Crippen molar-refractivity contribution >= 4 is 0 Å². The lowest BCUT2D eigenvalue weighted by Gasteiger charge is -2.15. The van der Waals surface area contributed by atoms with Crippen LogP contribution in [0.15, 0.2) is 12.2 Å². The van der Waals surface area contributed by atoms with Gasteiger partial charge in [-0.1, -0.05) is 65.0 Å². The average Bonchev–Trinajstić information content (AvgIpc) is 2.12. The third kappa shape index (κ3) is 6.86. The topological polar surface area (TPSA) is 0 Å². The number of unbranched alkanes of at least 4 members (excludes halogenated alkanes) is 3. The van der Waals surface area contributed by atoms with E-state index in [1.54, 1.807) is 0 Å². The van der Waals surface area contributed by atoms with Crippen molar-refractivity contribution in [2.45, 2.75) is 59.8 Å². The van der Waals surface area contributed by atoms with E-state index in [9.17, 15) is 0 Å². The fourth-order valence-corrected chi connectivity index (χ4v) is 1.65. The average molecular weight is 182 g/mol. The first-order valence-electron chi connectivity index (χ1n) is 5.85. The molecule has 0 aromatic rings. The molecule has 0 fully saturated rings. The highest BCUT2D eigenvalue weighted by Gasteiger charge is 2.07. The van der Waals surface area contributed by atoms with Gasteiger partial charge in [-0.25, -0.2) is 0 Å². The fourth-order valence-electron chi connectivity index (χ4n) is 1.65. The Kier molecular flexibility index (Phi) is 8.18. The monoisotopic (exact) mass is 182 g/mol. The quantitative estimate of drug-likeness (QED) is 0.392. The maximum atomic E-state index is 2.37. The predicted molar refractivity (Wildman–Crippen MR) is 61.9 cm³/mol. The van der Waals surface area contributed by atoms with Gasteiger partial charge in [0.05, 0.1) is 0 Å². The molecule has 0 aliphatic carbocycles. The Balaban J connectivity index is 3.43. The minimum atomic E-state index is 0.756. The molecule has 0 saturated carbocycles. The lowest BCUT2D eigenvalue weighted by molar-refractivity contribution is 0.406. The Labute approximate surface area is 84.4 Å². The van der Waals surface area contributed by atoms with E-state index in [0.29, 0.717) is 0 Å². The van der Waals surface area contributed by atoms with E-state index >= 15 is 0 Å². The van der Waals surface area contributed by atoms with Crippen LogP contribution >= 0.6 is 0 Å². The lowest BCUT2D eigenvalue weighted by Crippen LogP contribution is -2.04. The van der Waals surface area contributed by atoms with Crippen molar-refractivity contribution in [1.29, 1.82) is 0 Å². The van der Waals surface area contributed by atoms with Gasteiger partial charge in [-0.3, -0.25) is 0 Å². The molecule has 0 heterocycles. The maximum Gasteiger partial charge on any atom is -0.0236 e. The van der Waals surface area contributed by atoms with Gasteiger partial charge < -0.3 is 0 Å². The van der Waals surface area contributed by atoms with Crippen LogP contribution in [0.1, 0.15) is 59.8 Å². The molecule has 0 rings (SSSR count). The maximum absolute atomic E-state index is 2.37. The molecule has 0 N–H and O–H groups in total. The van der Waals surface area contributed by atoms with E-state index in [4.69, 9.17) is 0 Å². The van der Waals surface area contributed by atoms with Crippen LogP contribution in [0.3, 0.4) is 0 Å². The molecule has 0 nitrogen and oxygen atoms in total. The van der Waals surface area contributed by atoms with Crippen molar-refractivity contribution in [3.8, 4) is 0 Å². The summed E-state index contributed by atoms with van der Waals surface area (Å²) in [6, 6.07) is 0. The zero-order chi connectivity index (χ0) is 10.1. The number of hydrogen-bond donors (Lipinski definition) is 0. The molecule has 0 radical (unpaired) electrons. The van der Waals surface area contributed by atoms with Crippen LogP contribution < -0.4 is 0 Å². The van der Waals surface area contributed by atoms with E-state index < -0.39 is 0 Å². The molecule has 0 spiro atoms. The lowest BCUT2D eigenvalue weighted by atomic mass is 9.90. The standard InChI is InChI=1S/C13H26/c1-5-7-8-9-11-13(4)12(3)10-6-2/h6,10,12-13H,5,7-9,11H2,1-4H3. The van der Waals surface area contributed by atoms with Gasteiger partial charge in [0.15, 0.2) is 0 Å². The third-order valence-corrected chi connectivity index (χ3v) is 2.91. The van der Waals surface area contributed by atoms with Gasteiger partial charge in [0, 0.05) is 0 Å². The van der Waals surface area contributed by atoms with Gasteiger partial charge in [0.2, 0.25) is 0 Å². The smallest absolute Gasteiger partial charge is 0.0236 e. The summed E-state index contributed by atoms with van der Waals surface area (Å²) in [5.41, 5.74) is 0. The molecule has 0 aliphatic heterocycles. The molecule has 0 aromatic carbocycles. The van der Waals surface area contributed by atoms with Gasteiger partial charge >= 0.3 is 0 Å². The summed E-state index contributed by atoms with van der Waals surface area (Å²) in [5, 5.41) is 0. The minimum absolute atomic E-state index is 0.756.